The van der Waals surface area contributed by atoms with Gasteiger partial charge in [-0.1, -0.05) is 6.07 Å². The molecule has 2 rings (SSSR count). The lowest BCUT2D eigenvalue weighted by molar-refractivity contribution is -0.148. The standard InChI is InChI=1S/C13H17N3O2/c1-13(2,12(17)18)11(14-3)8-4-5-9-10(6-8)16-7-15-9/h4-7,11,14H,1-3H3,(H,15,16)(H,17,18). The molecule has 0 bridgehead atoms. The third-order valence-electron chi connectivity index (χ3n) is 3.34. The van der Waals surface area contributed by atoms with Crippen LogP contribution in [0.25, 0.3) is 11.0 Å². The van der Waals surface area contributed by atoms with Crippen LogP contribution in [0.5, 0.6) is 0 Å². The molecular weight excluding hydrogens is 230 g/mol. The summed E-state index contributed by atoms with van der Waals surface area (Å²) in [4.78, 5) is 18.5. The van der Waals surface area contributed by atoms with Crippen LogP contribution < -0.4 is 5.32 Å². The summed E-state index contributed by atoms with van der Waals surface area (Å²) < 4.78 is 0. The molecule has 0 amide bonds. The van der Waals surface area contributed by atoms with E-state index in [4.69, 9.17) is 0 Å². The van der Waals surface area contributed by atoms with Gasteiger partial charge in [0.05, 0.1) is 22.8 Å². The molecule has 3 N–H and O–H groups in total. The molecule has 1 aromatic carbocycles. The lowest BCUT2D eigenvalue weighted by atomic mass is 9.80. The van der Waals surface area contributed by atoms with Crippen molar-refractivity contribution in [3.8, 4) is 0 Å². The molecule has 1 atom stereocenters. The van der Waals surface area contributed by atoms with Crippen molar-refractivity contribution in [1.29, 1.82) is 0 Å². The molecule has 0 aliphatic rings. The van der Waals surface area contributed by atoms with Crippen molar-refractivity contribution in [2.75, 3.05) is 7.05 Å². The highest BCUT2D eigenvalue weighted by Gasteiger charge is 2.37. The second-order valence-electron chi connectivity index (χ2n) is 4.93. The van der Waals surface area contributed by atoms with Crippen LogP contribution in [0, 0.1) is 5.41 Å². The molecule has 2 aromatic rings. The SMILES string of the molecule is CNC(c1ccc2nc[nH]c2c1)C(C)(C)C(=O)O. The van der Waals surface area contributed by atoms with Gasteiger partial charge < -0.3 is 15.4 Å². The normalized spacial score (nSPS) is 13.7. The molecule has 0 radical (unpaired) electrons. The Morgan fingerprint density at radius 1 is 1.50 bits per heavy atom. The lowest BCUT2D eigenvalue weighted by Crippen LogP contribution is -2.38. The van der Waals surface area contributed by atoms with Crippen molar-refractivity contribution >= 4 is 17.0 Å². The molecular formula is C13H17N3O2. The average Bonchev–Trinajstić information content (AvgIpc) is 2.76. The maximum absolute atomic E-state index is 11.3. The Kier molecular flexibility index (Phi) is 3.09. The summed E-state index contributed by atoms with van der Waals surface area (Å²) in [7, 11) is 1.77. The first-order valence-corrected chi connectivity index (χ1v) is 5.80. The third kappa shape index (κ3) is 1.97. The zero-order valence-electron chi connectivity index (χ0n) is 10.7. The second-order valence-corrected chi connectivity index (χ2v) is 4.93. The van der Waals surface area contributed by atoms with Gasteiger partial charge in [-0.25, -0.2) is 4.98 Å². The smallest absolute Gasteiger partial charge is 0.311 e. The number of carboxylic acid groups (broad SMARTS) is 1. The number of hydrogen-bond acceptors (Lipinski definition) is 3. The fourth-order valence-corrected chi connectivity index (χ4v) is 2.20. The molecule has 0 fully saturated rings. The Hall–Kier alpha value is -1.88. The summed E-state index contributed by atoms with van der Waals surface area (Å²) in [5.41, 5.74) is 1.83. The first kappa shape index (κ1) is 12.6. The largest absolute Gasteiger partial charge is 0.481 e. The summed E-state index contributed by atoms with van der Waals surface area (Å²) in [5.74, 6) is -0.827. The Balaban J connectivity index is 2.46. The number of nitrogens with zero attached hydrogens (tertiary/aromatic N) is 1. The van der Waals surface area contributed by atoms with E-state index < -0.39 is 11.4 Å². The van der Waals surface area contributed by atoms with E-state index in [0.717, 1.165) is 16.6 Å². The van der Waals surface area contributed by atoms with Crippen LogP contribution >= 0.6 is 0 Å². The van der Waals surface area contributed by atoms with Gasteiger partial charge in [0.15, 0.2) is 0 Å². The van der Waals surface area contributed by atoms with Crippen LogP contribution in [-0.2, 0) is 4.79 Å². The molecule has 5 heteroatoms. The maximum atomic E-state index is 11.3. The van der Waals surface area contributed by atoms with E-state index >= 15 is 0 Å². The highest BCUT2D eigenvalue weighted by atomic mass is 16.4. The Morgan fingerprint density at radius 2 is 2.22 bits per heavy atom. The van der Waals surface area contributed by atoms with Crippen LogP contribution in [0.15, 0.2) is 24.5 Å². The van der Waals surface area contributed by atoms with Gasteiger partial charge >= 0.3 is 5.97 Å². The quantitative estimate of drug-likeness (QED) is 0.771. The second kappa shape index (κ2) is 4.42. The summed E-state index contributed by atoms with van der Waals surface area (Å²) in [6, 6.07) is 5.48. The highest BCUT2D eigenvalue weighted by molar-refractivity contribution is 5.77. The molecule has 1 aromatic heterocycles. The van der Waals surface area contributed by atoms with Crippen molar-refractivity contribution in [2.24, 2.45) is 5.41 Å². The predicted molar refractivity (Wildman–Crippen MR) is 69.3 cm³/mol. The van der Waals surface area contributed by atoms with Gasteiger partial charge in [-0.3, -0.25) is 4.79 Å². The van der Waals surface area contributed by atoms with Gasteiger partial charge in [0, 0.05) is 6.04 Å². The predicted octanol–water partition coefficient (Wildman–Crippen LogP) is 1.93. The molecule has 0 saturated carbocycles. The van der Waals surface area contributed by atoms with Gasteiger partial charge in [-0.2, -0.15) is 0 Å². The number of aliphatic carboxylic acids is 1. The average molecular weight is 247 g/mol. The first-order valence-electron chi connectivity index (χ1n) is 5.80. The van der Waals surface area contributed by atoms with E-state index in [2.05, 4.69) is 15.3 Å². The van der Waals surface area contributed by atoms with E-state index in [1.54, 1.807) is 27.2 Å². The number of carboxylic acids is 1. The molecule has 0 saturated heterocycles. The topological polar surface area (TPSA) is 78.0 Å². The van der Waals surface area contributed by atoms with E-state index in [1.165, 1.54) is 0 Å². The summed E-state index contributed by atoms with van der Waals surface area (Å²) in [6.45, 7) is 3.43. The molecule has 1 unspecified atom stereocenters. The Labute approximate surface area is 105 Å². The van der Waals surface area contributed by atoms with Gasteiger partial charge in [0.1, 0.15) is 0 Å². The minimum absolute atomic E-state index is 0.261. The van der Waals surface area contributed by atoms with E-state index in [9.17, 15) is 9.90 Å². The van der Waals surface area contributed by atoms with Crippen LogP contribution in [0.1, 0.15) is 25.5 Å². The number of fused-ring (bicyclic) bond motifs is 1. The van der Waals surface area contributed by atoms with Crippen LogP contribution in [0.2, 0.25) is 0 Å². The fraction of sp³-hybridized carbons (Fsp3) is 0.385. The molecule has 0 aliphatic heterocycles. The Morgan fingerprint density at radius 3 is 2.83 bits per heavy atom. The minimum Gasteiger partial charge on any atom is -0.481 e. The maximum Gasteiger partial charge on any atom is 0.311 e. The summed E-state index contributed by atoms with van der Waals surface area (Å²) in [5, 5.41) is 12.4. The lowest BCUT2D eigenvalue weighted by Gasteiger charge is -2.30. The fourth-order valence-electron chi connectivity index (χ4n) is 2.20. The Bertz CT molecular complexity index is 574. The zero-order valence-corrected chi connectivity index (χ0v) is 10.7. The number of benzene rings is 1. The summed E-state index contributed by atoms with van der Waals surface area (Å²) in [6.07, 6.45) is 1.63. The van der Waals surface area contributed by atoms with Crippen molar-refractivity contribution < 1.29 is 9.90 Å². The molecule has 1 heterocycles. The number of aromatic nitrogens is 2. The molecule has 5 nitrogen and oxygen atoms in total. The van der Waals surface area contributed by atoms with Crippen LogP contribution in [0.4, 0.5) is 0 Å². The third-order valence-corrected chi connectivity index (χ3v) is 3.34. The number of nitrogens with one attached hydrogen (secondary N) is 2. The minimum atomic E-state index is -0.886. The highest BCUT2D eigenvalue weighted by Crippen LogP contribution is 2.34. The van der Waals surface area contributed by atoms with Crippen LogP contribution in [-0.4, -0.2) is 28.1 Å². The van der Waals surface area contributed by atoms with Crippen molar-refractivity contribution in [3.05, 3.63) is 30.1 Å². The van der Waals surface area contributed by atoms with Gasteiger partial charge in [-0.15, -0.1) is 0 Å². The number of carbonyl (C=O) groups is 1. The zero-order chi connectivity index (χ0) is 13.3. The van der Waals surface area contributed by atoms with Crippen molar-refractivity contribution in [3.63, 3.8) is 0 Å². The molecule has 18 heavy (non-hydrogen) atoms. The van der Waals surface area contributed by atoms with E-state index in [1.807, 2.05) is 18.2 Å². The first-order chi connectivity index (χ1) is 8.46. The summed E-state index contributed by atoms with van der Waals surface area (Å²) >= 11 is 0. The molecule has 0 spiro atoms. The van der Waals surface area contributed by atoms with Gasteiger partial charge in [-0.05, 0) is 38.6 Å². The number of aromatic amines is 1. The number of hydrogen-bond donors (Lipinski definition) is 3. The number of rotatable bonds is 4. The number of H-pyrrole nitrogens is 1. The van der Waals surface area contributed by atoms with Gasteiger partial charge in [0.2, 0.25) is 0 Å². The van der Waals surface area contributed by atoms with Gasteiger partial charge in [0.25, 0.3) is 0 Å². The number of imidazole rings is 1. The van der Waals surface area contributed by atoms with E-state index in [0.29, 0.717) is 0 Å². The molecule has 96 valence electrons. The van der Waals surface area contributed by atoms with Crippen molar-refractivity contribution in [2.45, 2.75) is 19.9 Å². The van der Waals surface area contributed by atoms with E-state index in [-0.39, 0.29) is 6.04 Å². The monoisotopic (exact) mass is 247 g/mol. The molecule has 0 aliphatic carbocycles. The van der Waals surface area contributed by atoms with Crippen LogP contribution in [0.3, 0.4) is 0 Å². The van der Waals surface area contributed by atoms with Crippen molar-refractivity contribution in [1.82, 2.24) is 15.3 Å².